The minimum absolute atomic E-state index is 0.0200. The lowest BCUT2D eigenvalue weighted by atomic mass is 10.1. The van der Waals surface area contributed by atoms with E-state index in [0.29, 0.717) is 11.6 Å². The van der Waals surface area contributed by atoms with Crippen LogP contribution in [0, 0.1) is 13.8 Å². The Bertz CT molecular complexity index is 1180. The summed E-state index contributed by atoms with van der Waals surface area (Å²) in [5.74, 6) is 0.199. The number of hydrogen-bond acceptors (Lipinski definition) is 4. The standard InChI is InChI=1S/C17H17N5O3/c1-9-5-6-11(7-10(9)2)22-12(23)8-21-13-14(18-16(21)22)19(3)17(25)20(4)15(13)24/h5-7H,8H2,1-4H3. The van der Waals surface area contributed by atoms with Crippen LogP contribution in [-0.2, 0) is 25.4 Å². The maximum Gasteiger partial charge on any atom is 0.332 e. The summed E-state index contributed by atoms with van der Waals surface area (Å²) < 4.78 is 3.93. The molecule has 3 heterocycles. The smallest absolute Gasteiger partial charge is 0.294 e. The third kappa shape index (κ3) is 1.93. The van der Waals surface area contributed by atoms with Crippen molar-refractivity contribution in [2.24, 2.45) is 14.1 Å². The van der Waals surface area contributed by atoms with Crippen LogP contribution in [0.2, 0.25) is 0 Å². The van der Waals surface area contributed by atoms with Gasteiger partial charge in [-0.1, -0.05) is 6.07 Å². The van der Waals surface area contributed by atoms with Crippen molar-refractivity contribution in [3.05, 3.63) is 50.2 Å². The summed E-state index contributed by atoms with van der Waals surface area (Å²) in [5.41, 5.74) is 2.53. The van der Waals surface area contributed by atoms with Gasteiger partial charge in [-0.15, -0.1) is 0 Å². The molecule has 4 rings (SSSR count). The summed E-state index contributed by atoms with van der Waals surface area (Å²) in [4.78, 5) is 43.2. The molecule has 1 aromatic carbocycles. The SMILES string of the molecule is Cc1ccc(N2C(=O)Cn3c2nc2c3c(=O)n(C)c(=O)n2C)cc1C. The molecule has 0 atom stereocenters. The van der Waals surface area contributed by atoms with E-state index in [1.165, 1.54) is 16.5 Å². The fraction of sp³-hybridized carbons (Fsp3) is 0.294. The van der Waals surface area contributed by atoms with Crippen molar-refractivity contribution in [3.63, 3.8) is 0 Å². The highest BCUT2D eigenvalue weighted by Gasteiger charge is 2.34. The molecule has 0 bridgehead atoms. The summed E-state index contributed by atoms with van der Waals surface area (Å²) in [6.45, 7) is 3.99. The van der Waals surface area contributed by atoms with Crippen LogP contribution in [0.5, 0.6) is 0 Å². The summed E-state index contributed by atoms with van der Waals surface area (Å²) in [6.07, 6.45) is 0. The number of amides is 1. The zero-order chi connectivity index (χ0) is 18.0. The first-order valence-electron chi connectivity index (χ1n) is 7.87. The van der Waals surface area contributed by atoms with E-state index >= 15 is 0 Å². The third-order valence-corrected chi connectivity index (χ3v) is 4.82. The monoisotopic (exact) mass is 339 g/mol. The van der Waals surface area contributed by atoms with Gasteiger partial charge in [-0.25, -0.2) is 9.69 Å². The third-order valence-electron chi connectivity index (χ3n) is 4.82. The minimum atomic E-state index is -0.452. The van der Waals surface area contributed by atoms with Gasteiger partial charge in [0.1, 0.15) is 6.54 Å². The van der Waals surface area contributed by atoms with Crippen molar-refractivity contribution in [3.8, 4) is 0 Å². The van der Waals surface area contributed by atoms with Gasteiger partial charge in [0.25, 0.3) is 11.5 Å². The lowest BCUT2D eigenvalue weighted by Gasteiger charge is -2.15. The van der Waals surface area contributed by atoms with E-state index in [0.717, 1.165) is 15.7 Å². The summed E-state index contributed by atoms with van der Waals surface area (Å²) >= 11 is 0. The predicted molar refractivity (Wildman–Crippen MR) is 93.3 cm³/mol. The summed E-state index contributed by atoms with van der Waals surface area (Å²) in [6, 6.07) is 5.71. The van der Waals surface area contributed by atoms with Gasteiger partial charge < -0.3 is 0 Å². The molecule has 0 N–H and O–H groups in total. The van der Waals surface area contributed by atoms with Gasteiger partial charge in [-0.2, -0.15) is 4.98 Å². The molecular weight excluding hydrogens is 322 g/mol. The number of nitrogens with zero attached hydrogens (tertiary/aromatic N) is 5. The van der Waals surface area contributed by atoms with Gasteiger partial charge in [0, 0.05) is 14.1 Å². The molecule has 1 aliphatic rings. The topological polar surface area (TPSA) is 82.1 Å². The number of benzene rings is 1. The zero-order valence-electron chi connectivity index (χ0n) is 14.4. The second kappa shape index (κ2) is 4.92. The molecule has 0 radical (unpaired) electrons. The zero-order valence-corrected chi connectivity index (χ0v) is 14.4. The quantitative estimate of drug-likeness (QED) is 0.654. The van der Waals surface area contributed by atoms with Gasteiger partial charge in [-0.05, 0) is 37.1 Å². The first-order valence-corrected chi connectivity index (χ1v) is 7.87. The first kappa shape index (κ1) is 15.4. The van der Waals surface area contributed by atoms with Crippen LogP contribution in [0.15, 0.2) is 27.8 Å². The van der Waals surface area contributed by atoms with Gasteiger partial charge in [0.15, 0.2) is 11.2 Å². The Morgan fingerprint density at radius 1 is 1.00 bits per heavy atom. The van der Waals surface area contributed by atoms with Crippen LogP contribution in [0.4, 0.5) is 11.6 Å². The molecule has 8 heteroatoms. The number of aromatic nitrogens is 4. The first-order chi connectivity index (χ1) is 11.8. The van der Waals surface area contributed by atoms with Crippen molar-refractivity contribution >= 4 is 28.7 Å². The molecular formula is C17H17N5O3. The Labute approximate surface area is 142 Å². The Kier molecular flexibility index (Phi) is 3.02. The Hall–Kier alpha value is -3.16. The van der Waals surface area contributed by atoms with Crippen LogP contribution in [0.1, 0.15) is 11.1 Å². The van der Waals surface area contributed by atoms with E-state index in [1.54, 1.807) is 11.6 Å². The number of fused-ring (bicyclic) bond motifs is 3. The van der Waals surface area contributed by atoms with Gasteiger partial charge in [0.2, 0.25) is 5.95 Å². The fourth-order valence-electron chi connectivity index (χ4n) is 3.20. The molecule has 25 heavy (non-hydrogen) atoms. The van der Waals surface area contributed by atoms with E-state index in [-0.39, 0.29) is 23.6 Å². The van der Waals surface area contributed by atoms with Crippen LogP contribution in [0.3, 0.4) is 0 Å². The lowest BCUT2D eigenvalue weighted by Crippen LogP contribution is -2.37. The maximum atomic E-state index is 12.6. The molecule has 0 saturated heterocycles. The van der Waals surface area contributed by atoms with Gasteiger partial charge >= 0.3 is 5.69 Å². The van der Waals surface area contributed by atoms with E-state index in [4.69, 9.17) is 0 Å². The van der Waals surface area contributed by atoms with Crippen molar-refractivity contribution in [1.82, 2.24) is 18.7 Å². The average molecular weight is 339 g/mol. The van der Waals surface area contributed by atoms with Crippen molar-refractivity contribution in [1.29, 1.82) is 0 Å². The number of hydrogen-bond donors (Lipinski definition) is 0. The molecule has 8 nitrogen and oxygen atoms in total. The number of rotatable bonds is 1. The van der Waals surface area contributed by atoms with Crippen LogP contribution < -0.4 is 16.1 Å². The highest BCUT2D eigenvalue weighted by atomic mass is 16.2. The van der Waals surface area contributed by atoms with E-state index < -0.39 is 11.2 Å². The number of anilines is 2. The molecule has 1 aliphatic heterocycles. The molecule has 0 aliphatic carbocycles. The van der Waals surface area contributed by atoms with E-state index in [1.807, 2.05) is 32.0 Å². The summed E-state index contributed by atoms with van der Waals surface area (Å²) in [7, 11) is 2.98. The van der Waals surface area contributed by atoms with Crippen LogP contribution >= 0.6 is 0 Å². The van der Waals surface area contributed by atoms with Gasteiger partial charge in [0.05, 0.1) is 5.69 Å². The molecule has 1 amide bonds. The molecule has 2 aromatic heterocycles. The largest absolute Gasteiger partial charge is 0.332 e. The highest BCUT2D eigenvalue weighted by Crippen LogP contribution is 2.33. The van der Waals surface area contributed by atoms with Crippen molar-refractivity contribution < 1.29 is 4.79 Å². The lowest BCUT2D eigenvalue weighted by molar-refractivity contribution is -0.117. The second-order valence-electron chi connectivity index (χ2n) is 6.37. The average Bonchev–Trinajstić information content (AvgIpc) is 3.08. The van der Waals surface area contributed by atoms with Crippen LogP contribution in [-0.4, -0.2) is 24.6 Å². The minimum Gasteiger partial charge on any atom is -0.294 e. The molecule has 0 fully saturated rings. The second-order valence-corrected chi connectivity index (χ2v) is 6.37. The van der Waals surface area contributed by atoms with Crippen molar-refractivity contribution in [2.45, 2.75) is 20.4 Å². The molecule has 0 saturated carbocycles. The molecule has 0 unspecified atom stereocenters. The van der Waals surface area contributed by atoms with E-state index in [9.17, 15) is 14.4 Å². The maximum absolute atomic E-state index is 12.6. The highest BCUT2D eigenvalue weighted by molar-refractivity contribution is 6.04. The molecule has 0 spiro atoms. The Balaban J connectivity index is 2.03. The Morgan fingerprint density at radius 3 is 2.40 bits per heavy atom. The van der Waals surface area contributed by atoms with Gasteiger partial charge in [-0.3, -0.25) is 23.3 Å². The number of aryl methyl sites for hydroxylation is 3. The fourth-order valence-corrected chi connectivity index (χ4v) is 3.20. The predicted octanol–water partition coefficient (Wildman–Crippen LogP) is 0.729. The number of carbonyl (C=O) groups excluding carboxylic acids is 1. The van der Waals surface area contributed by atoms with Crippen molar-refractivity contribution in [2.75, 3.05) is 4.90 Å². The molecule has 3 aromatic rings. The number of imidazole rings is 1. The van der Waals surface area contributed by atoms with Crippen LogP contribution in [0.25, 0.3) is 11.2 Å². The normalized spacial score (nSPS) is 13.8. The Morgan fingerprint density at radius 2 is 1.72 bits per heavy atom. The summed E-state index contributed by atoms with van der Waals surface area (Å²) in [5, 5.41) is 0. The molecule has 128 valence electrons. The number of carbonyl (C=O) groups is 1. The van der Waals surface area contributed by atoms with E-state index in [2.05, 4.69) is 4.98 Å².